The molecule has 2 fully saturated rings. The third-order valence-electron chi connectivity index (χ3n) is 9.25. The number of aryl methyl sites for hydroxylation is 2. The number of nitrogens with zero attached hydrogens (tertiary/aromatic N) is 5. The molecule has 3 aliphatic rings. The number of ether oxygens (including phenoxy) is 1. The van der Waals surface area contributed by atoms with Crippen LogP contribution >= 0.6 is 0 Å². The predicted molar refractivity (Wildman–Crippen MR) is 141 cm³/mol. The fourth-order valence-corrected chi connectivity index (χ4v) is 6.82. The first-order valence-corrected chi connectivity index (χ1v) is 13.7. The van der Waals surface area contributed by atoms with Crippen molar-refractivity contribution in [2.75, 3.05) is 39.8 Å². The molecule has 1 aliphatic carbocycles. The number of benzene rings is 1. The summed E-state index contributed by atoms with van der Waals surface area (Å²) in [6.07, 6.45) is -0.778. The Morgan fingerprint density at radius 3 is 2.31 bits per heavy atom. The Kier molecular flexibility index (Phi) is 7.50. The molecule has 1 amide bonds. The van der Waals surface area contributed by atoms with Crippen LogP contribution in [0.4, 0.5) is 13.2 Å². The molecule has 0 radical (unpaired) electrons. The quantitative estimate of drug-likeness (QED) is 0.542. The zero-order valence-corrected chi connectivity index (χ0v) is 23.4. The van der Waals surface area contributed by atoms with Crippen LogP contribution in [-0.2, 0) is 10.9 Å². The van der Waals surface area contributed by atoms with Gasteiger partial charge in [0.1, 0.15) is 6.33 Å². The molecule has 1 aromatic heterocycles. The smallest absolute Gasteiger partial charge is 0.377 e. The number of piperazine rings is 1. The second kappa shape index (κ2) is 10.4. The number of hydrogen-bond acceptors (Lipinski definition) is 6. The lowest BCUT2D eigenvalue weighted by Crippen LogP contribution is -2.62. The Balaban J connectivity index is 1.24. The van der Waals surface area contributed by atoms with Crippen LogP contribution in [0.15, 0.2) is 24.5 Å². The van der Waals surface area contributed by atoms with Gasteiger partial charge in [-0.05, 0) is 70.2 Å². The fraction of sp³-hybridized carbons (Fsp3) is 0.621. The number of aromatic nitrogens is 2. The molecular weight excluding hydrogens is 507 g/mol. The number of hydrogen-bond donors (Lipinski definition) is 0. The van der Waals surface area contributed by atoms with Gasteiger partial charge in [-0.1, -0.05) is 6.07 Å². The van der Waals surface area contributed by atoms with E-state index in [1.165, 1.54) is 18.5 Å². The minimum Gasteiger partial charge on any atom is -0.377 e. The first-order valence-electron chi connectivity index (χ1n) is 13.7. The van der Waals surface area contributed by atoms with Crippen LogP contribution in [0.25, 0.3) is 0 Å². The highest BCUT2D eigenvalue weighted by molar-refractivity contribution is 5.96. The summed E-state index contributed by atoms with van der Waals surface area (Å²) in [7, 11) is 1.57. The second-order valence-electron chi connectivity index (χ2n) is 11.6. The van der Waals surface area contributed by atoms with Gasteiger partial charge in [-0.2, -0.15) is 13.2 Å². The number of rotatable bonds is 4. The average molecular weight is 546 g/mol. The first-order chi connectivity index (χ1) is 18.4. The Hall–Kier alpha value is -2.56. The van der Waals surface area contributed by atoms with Crippen LogP contribution in [0.2, 0.25) is 0 Å². The van der Waals surface area contributed by atoms with E-state index >= 15 is 0 Å². The number of amides is 1. The summed E-state index contributed by atoms with van der Waals surface area (Å²) in [5, 5.41) is 0. The number of likely N-dealkylation sites (tertiary alicyclic amines) is 1. The molecule has 212 valence electrons. The molecule has 0 N–H and O–H groups in total. The number of methoxy groups -OCH3 is 1. The van der Waals surface area contributed by atoms with Crippen LogP contribution in [0.1, 0.15) is 83.7 Å². The van der Waals surface area contributed by atoms with E-state index in [2.05, 4.69) is 33.6 Å². The van der Waals surface area contributed by atoms with Gasteiger partial charge in [0, 0.05) is 57.5 Å². The number of fused-ring (bicyclic) bond motifs is 1. The van der Waals surface area contributed by atoms with Gasteiger partial charge in [0.25, 0.3) is 5.91 Å². The van der Waals surface area contributed by atoms with Crippen LogP contribution in [0, 0.1) is 13.8 Å². The van der Waals surface area contributed by atoms with Crippen LogP contribution in [-0.4, -0.2) is 82.0 Å². The summed E-state index contributed by atoms with van der Waals surface area (Å²) in [5.74, 6) is 0.00659. The predicted octanol–water partition coefficient (Wildman–Crippen LogP) is 4.95. The minimum atomic E-state index is -4.37. The molecular formula is C29H38F3N5O2. The normalized spacial score (nSPS) is 26.1. The molecule has 2 aromatic rings. The van der Waals surface area contributed by atoms with E-state index in [4.69, 9.17) is 4.74 Å². The second-order valence-corrected chi connectivity index (χ2v) is 11.6. The Morgan fingerprint density at radius 1 is 1.05 bits per heavy atom. The van der Waals surface area contributed by atoms with E-state index in [-0.39, 0.29) is 29.6 Å². The lowest BCUT2D eigenvalue weighted by Gasteiger charge is -2.52. The topological polar surface area (TPSA) is 61.8 Å². The molecule has 7 nitrogen and oxygen atoms in total. The zero-order valence-electron chi connectivity index (χ0n) is 23.4. The van der Waals surface area contributed by atoms with Crippen molar-refractivity contribution in [2.24, 2.45) is 0 Å². The van der Waals surface area contributed by atoms with E-state index in [1.54, 1.807) is 13.2 Å². The summed E-state index contributed by atoms with van der Waals surface area (Å²) >= 11 is 0. The van der Waals surface area contributed by atoms with Crippen LogP contribution in [0.3, 0.4) is 0 Å². The summed E-state index contributed by atoms with van der Waals surface area (Å²) in [5.41, 5.74) is 3.00. The van der Waals surface area contributed by atoms with E-state index in [0.717, 1.165) is 38.0 Å². The van der Waals surface area contributed by atoms with Crippen molar-refractivity contribution in [3.8, 4) is 0 Å². The zero-order chi connectivity index (χ0) is 28.1. The Morgan fingerprint density at radius 2 is 1.72 bits per heavy atom. The van der Waals surface area contributed by atoms with E-state index in [0.29, 0.717) is 42.0 Å². The molecule has 0 spiro atoms. The van der Waals surface area contributed by atoms with Gasteiger partial charge >= 0.3 is 6.18 Å². The minimum absolute atomic E-state index is 0.00659. The van der Waals surface area contributed by atoms with Crippen molar-refractivity contribution >= 4 is 5.91 Å². The molecule has 3 atom stereocenters. The summed E-state index contributed by atoms with van der Waals surface area (Å²) in [6, 6.07) is 4.39. The maximum Gasteiger partial charge on any atom is 0.416 e. The molecule has 3 heterocycles. The number of piperidine rings is 1. The summed E-state index contributed by atoms with van der Waals surface area (Å²) < 4.78 is 45.7. The number of alkyl halides is 3. The van der Waals surface area contributed by atoms with Crippen molar-refractivity contribution < 1.29 is 22.7 Å². The molecule has 5 rings (SSSR count). The standard InChI is InChI=1S/C29H38F3N5O2/c1-18-16-36(28(4)8-10-35(11-9-28)27(38)26-19(2)33-17-34-20(26)3)12-13-37(18)24-15-25(39-5)23-14-21(29(30,31)32)6-7-22(23)24/h6-7,14,17-18,24-25H,8-13,15-16H2,1-5H3. The SMILES string of the molecule is COC1CC(N2CCN(C3(C)CCN(C(=O)c4c(C)ncnc4C)CC3)CC2C)c2ccc(C(F)(F)F)cc21. The molecule has 10 heteroatoms. The van der Waals surface area contributed by atoms with Crippen molar-refractivity contribution in [3.05, 3.63) is 58.2 Å². The third-order valence-corrected chi connectivity index (χ3v) is 9.25. The highest BCUT2D eigenvalue weighted by atomic mass is 19.4. The molecule has 1 aromatic carbocycles. The Labute approximate surface area is 228 Å². The van der Waals surface area contributed by atoms with Gasteiger partial charge in [-0.25, -0.2) is 9.97 Å². The van der Waals surface area contributed by atoms with Gasteiger partial charge in [-0.15, -0.1) is 0 Å². The van der Waals surface area contributed by atoms with Gasteiger partial charge in [-0.3, -0.25) is 14.6 Å². The van der Waals surface area contributed by atoms with Gasteiger partial charge in [0.2, 0.25) is 0 Å². The molecule has 2 aliphatic heterocycles. The fourth-order valence-electron chi connectivity index (χ4n) is 6.82. The molecule has 39 heavy (non-hydrogen) atoms. The van der Waals surface area contributed by atoms with E-state index in [1.807, 2.05) is 18.7 Å². The van der Waals surface area contributed by atoms with Crippen LogP contribution in [0.5, 0.6) is 0 Å². The molecule has 2 saturated heterocycles. The molecule has 0 bridgehead atoms. The lowest BCUT2D eigenvalue weighted by atomic mass is 9.86. The van der Waals surface area contributed by atoms with E-state index < -0.39 is 11.7 Å². The monoisotopic (exact) mass is 545 g/mol. The number of carbonyl (C=O) groups is 1. The maximum atomic E-state index is 13.4. The van der Waals surface area contributed by atoms with Crippen molar-refractivity contribution in [1.29, 1.82) is 0 Å². The van der Waals surface area contributed by atoms with E-state index in [9.17, 15) is 18.0 Å². The van der Waals surface area contributed by atoms with Gasteiger partial charge in [0.15, 0.2) is 0 Å². The maximum absolute atomic E-state index is 13.4. The third kappa shape index (κ3) is 5.18. The summed E-state index contributed by atoms with van der Waals surface area (Å²) in [4.78, 5) is 28.6. The average Bonchev–Trinajstić information content (AvgIpc) is 3.26. The molecule has 3 unspecified atom stereocenters. The largest absolute Gasteiger partial charge is 0.416 e. The summed E-state index contributed by atoms with van der Waals surface area (Å²) in [6.45, 7) is 12.2. The first kappa shape index (κ1) is 28.0. The van der Waals surface area contributed by atoms with Crippen LogP contribution < -0.4 is 0 Å². The van der Waals surface area contributed by atoms with Gasteiger partial charge < -0.3 is 9.64 Å². The Bertz CT molecular complexity index is 1210. The molecule has 0 saturated carbocycles. The van der Waals surface area contributed by atoms with Crippen molar-refractivity contribution in [3.63, 3.8) is 0 Å². The highest BCUT2D eigenvalue weighted by Gasteiger charge is 2.44. The lowest BCUT2D eigenvalue weighted by molar-refractivity contribution is -0.137. The highest BCUT2D eigenvalue weighted by Crippen LogP contribution is 2.47. The number of halogens is 3. The van der Waals surface area contributed by atoms with Crippen molar-refractivity contribution in [2.45, 2.75) is 76.9 Å². The number of carbonyl (C=O) groups excluding carboxylic acids is 1. The van der Waals surface area contributed by atoms with Gasteiger partial charge in [0.05, 0.1) is 28.6 Å². The van der Waals surface area contributed by atoms with Crippen molar-refractivity contribution in [1.82, 2.24) is 24.7 Å².